The summed E-state index contributed by atoms with van der Waals surface area (Å²) < 4.78 is 10.3. The summed E-state index contributed by atoms with van der Waals surface area (Å²) in [6.45, 7) is 5.04. The molecule has 1 aliphatic rings. The molecule has 0 aromatic heterocycles. The molecule has 1 N–H and O–H groups in total. The summed E-state index contributed by atoms with van der Waals surface area (Å²) in [6.07, 6.45) is 1.74. The number of rotatable bonds is 7. The molecular formula is C10H21NO3. The molecule has 1 heterocycles. The zero-order chi connectivity index (χ0) is 10.2. The average molecular weight is 203 g/mol. The van der Waals surface area contributed by atoms with Crippen molar-refractivity contribution in [1.29, 1.82) is 0 Å². The Kier molecular flexibility index (Phi) is 6.10. The summed E-state index contributed by atoms with van der Waals surface area (Å²) in [7, 11) is 1.70. The van der Waals surface area contributed by atoms with Crippen LogP contribution in [-0.2, 0) is 9.47 Å². The fourth-order valence-corrected chi connectivity index (χ4v) is 1.62. The van der Waals surface area contributed by atoms with E-state index in [4.69, 9.17) is 9.47 Å². The van der Waals surface area contributed by atoms with E-state index in [1.54, 1.807) is 7.11 Å². The SMILES string of the molecule is COCCCOCCN1CC[C@H](O)C1. The molecule has 1 saturated heterocycles. The van der Waals surface area contributed by atoms with Crippen molar-refractivity contribution < 1.29 is 14.6 Å². The van der Waals surface area contributed by atoms with Gasteiger partial charge in [0, 0.05) is 40.0 Å². The van der Waals surface area contributed by atoms with Gasteiger partial charge in [0.25, 0.3) is 0 Å². The van der Waals surface area contributed by atoms with Crippen LogP contribution in [0.3, 0.4) is 0 Å². The summed E-state index contributed by atoms with van der Waals surface area (Å²) in [5.74, 6) is 0. The molecule has 0 bridgehead atoms. The van der Waals surface area contributed by atoms with Crippen LogP contribution in [0.5, 0.6) is 0 Å². The zero-order valence-electron chi connectivity index (χ0n) is 8.95. The van der Waals surface area contributed by atoms with Crippen molar-refractivity contribution in [2.75, 3.05) is 46.6 Å². The Morgan fingerprint density at radius 1 is 1.36 bits per heavy atom. The second kappa shape index (κ2) is 7.17. The lowest BCUT2D eigenvalue weighted by atomic mass is 10.3. The lowest BCUT2D eigenvalue weighted by molar-refractivity contribution is 0.0850. The van der Waals surface area contributed by atoms with Crippen molar-refractivity contribution in [2.24, 2.45) is 0 Å². The van der Waals surface area contributed by atoms with Gasteiger partial charge in [0.05, 0.1) is 12.7 Å². The van der Waals surface area contributed by atoms with Gasteiger partial charge in [-0.05, 0) is 12.8 Å². The number of β-amino-alcohol motifs (C(OH)–C–C–N with tert-alkyl or cyclic N) is 1. The first-order valence-electron chi connectivity index (χ1n) is 5.30. The third-order valence-corrected chi connectivity index (χ3v) is 2.44. The Balaban J connectivity index is 1.84. The minimum absolute atomic E-state index is 0.122. The van der Waals surface area contributed by atoms with Crippen molar-refractivity contribution in [2.45, 2.75) is 18.9 Å². The number of ether oxygens (including phenoxy) is 2. The van der Waals surface area contributed by atoms with Gasteiger partial charge in [0.15, 0.2) is 0 Å². The first kappa shape index (κ1) is 11.9. The third kappa shape index (κ3) is 4.91. The van der Waals surface area contributed by atoms with Crippen molar-refractivity contribution in [3.05, 3.63) is 0 Å². The molecule has 1 atom stereocenters. The molecule has 0 aromatic rings. The van der Waals surface area contributed by atoms with Gasteiger partial charge in [-0.3, -0.25) is 4.90 Å². The van der Waals surface area contributed by atoms with Gasteiger partial charge in [-0.25, -0.2) is 0 Å². The molecule has 0 aromatic carbocycles. The molecule has 0 saturated carbocycles. The van der Waals surface area contributed by atoms with E-state index >= 15 is 0 Å². The molecule has 4 heteroatoms. The van der Waals surface area contributed by atoms with Gasteiger partial charge >= 0.3 is 0 Å². The van der Waals surface area contributed by atoms with Gasteiger partial charge in [-0.2, -0.15) is 0 Å². The Bertz CT molecular complexity index is 143. The van der Waals surface area contributed by atoms with Crippen molar-refractivity contribution in [3.63, 3.8) is 0 Å². The van der Waals surface area contributed by atoms with E-state index in [0.29, 0.717) is 0 Å². The Morgan fingerprint density at radius 3 is 2.86 bits per heavy atom. The van der Waals surface area contributed by atoms with Crippen molar-refractivity contribution in [1.82, 2.24) is 4.90 Å². The van der Waals surface area contributed by atoms with Crippen LogP contribution in [0.1, 0.15) is 12.8 Å². The van der Waals surface area contributed by atoms with E-state index in [1.165, 1.54) is 0 Å². The van der Waals surface area contributed by atoms with Gasteiger partial charge in [0.2, 0.25) is 0 Å². The van der Waals surface area contributed by atoms with E-state index in [9.17, 15) is 5.11 Å². The van der Waals surface area contributed by atoms with Gasteiger partial charge in [-0.15, -0.1) is 0 Å². The van der Waals surface area contributed by atoms with E-state index < -0.39 is 0 Å². The normalized spacial score (nSPS) is 23.1. The minimum atomic E-state index is -0.122. The molecule has 0 amide bonds. The Hall–Kier alpha value is -0.160. The number of aliphatic hydroxyl groups excluding tert-OH is 1. The highest BCUT2D eigenvalue weighted by Gasteiger charge is 2.18. The summed E-state index contributed by atoms with van der Waals surface area (Å²) in [5.41, 5.74) is 0. The minimum Gasteiger partial charge on any atom is -0.392 e. The van der Waals surface area contributed by atoms with Gasteiger partial charge < -0.3 is 14.6 Å². The molecule has 1 fully saturated rings. The highest BCUT2D eigenvalue weighted by Crippen LogP contribution is 2.07. The second-order valence-corrected chi connectivity index (χ2v) is 3.70. The second-order valence-electron chi connectivity index (χ2n) is 3.70. The lowest BCUT2D eigenvalue weighted by Crippen LogP contribution is -2.26. The van der Waals surface area contributed by atoms with E-state index in [1.807, 2.05) is 0 Å². The fraction of sp³-hybridized carbons (Fsp3) is 1.00. The number of methoxy groups -OCH3 is 1. The van der Waals surface area contributed by atoms with Crippen molar-refractivity contribution >= 4 is 0 Å². The number of nitrogens with zero attached hydrogens (tertiary/aromatic N) is 1. The highest BCUT2D eigenvalue weighted by molar-refractivity contribution is 4.73. The summed E-state index contributed by atoms with van der Waals surface area (Å²) >= 11 is 0. The van der Waals surface area contributed by atoms with Crippen molar-refractivity contribution in [3.8, 4) is 0 Å². The molecule has 84 valence electrons. The molecule has 14 heavy (non-hydrogen) atoms. The summed E-state index contributed by atoms with van der Waals surface area (Å²) in [6, 6.07) is 0. The molecule has 1 aliphatic heterocycles. The topological polar surface area (TPSA) is 41.9 Å². The first-order valence-corrected chi connectivity index (χ1v) is 5.30. The maximum Gasteiger partial charge on any atom is 0.0679 e. The fourth-order valence-electron chi connectivity index (χ4n) is 1.62. The van der Waals surface area contributed by atoms with E-state index in [-0.39, 0.29) is 6.10 Å². The average Bonchev–Trinajstić information content (AvgIpc) is 2.58. The number of hydrogen-bond donors (Lipinski definition) is 1. The quantitative estimate of drug-likeness (QED) is 0.596. The maximum absolute atomic E-state index is 9.27. The number of aliphatic hydroxyl groups is 1. The smallest absolute Gasteiger partial charge is 0.0679 e. The van der Waals surface area contributed by atoms with Crippen LogP contribution in [0.2, 0.25) is 0 Å². The zero-order valence-corrected chi connectivity index (χ0v) is 8.95. The number of likely N-dealkylation sites (tertiary alicyclic amines) is 1. The van der Waals surface area contributed by atoms with Crippen LogP contribution in [0.15, 0.2) is 0 Å². The molecule has 0 unspecified atom stereocenters. The number of hydrogen-bond acceptors (Lipinski definition) is 4. The molecule has 0 aliphatic carbocycles. The third-order valence-electron chi connectivity index (χ3n) is 2.44. The van der Waals surface area contributed by atoms with E-state index in [0.717, 1.165) is 52.3 Å². The maximum atomic E-state index is 9.27. The highest BCUT2D eigenvalue weighted by atomic mass is 16.5. The van der Waals surface area contributed by atoms with Gasteiger partial charge in [0.1, 0.15) is 0 Å². The Morgan fingerprint density at radius 2 is 2.21 bits per heavy atom. The van der Waals surface area contributed by atoms with Crippen LogP contribution in [0.25, 0.3) is 0 Å². The summed E-state index contributed by atoms with van der Waals surface area (Å²) in [4.78, 5) is 2.24. The standard InChI is InChI=1S/C10H21NO3/c1-13-6-2-7-14-8-5-11-4-3-10(12)9-11/h10,12H,2-9H2,1H3/t10-/m0/s1. The largest absolute Gasteiger partial charge is 0.392 e. The molecular weight excluding hydrogens is 182 g/mol. The first-order chi connectivity index (χ1) is 6.83. The Labute approximate surface area is 85.8 Å². The monoisotopic (exact) mass is 203 g/mol. The van der Waals surface area contributed by atoms with Crippen LogP contribution < -0.4 is 0 Å². The lowest BCUT2D eigenvalue weighted by Gasteiger charge is -2.14. The van der Waals surface area contributed by atoms with Crippen LogP contribution in [0.4, 0.5) is 0 Å². The van der Waals surface area contributed by atoms with Crippen LogP contribution in [-0.4, -0.2) is 62.7 Å². The molecule has 1 rings (SSSR count). The van der Waals surface area contributed by atoms with Crippen LogP contribution in [0, 0.1) is 0 Å². The van der Waals surface area contributed by atoms with Gasteiger partial charge in [-0.1, -0.05) is 0 Å². The summed E-state index contributed by atoms with van der Waals surface area (Å²) in [5, 5.41) is 9.27. The predicted octanol–water partition coefficient (Wildman–Crippen LogP) is 0.106. The molecule has 0 radical (unpaired) electrons. The predicted molar refractivity (Wildman–Crippen MR) is 54.4 cm³/mol. The van der Waals surface area contributed by atoms with E-state index in [2.05, 4.69) is 4.90 Å². The molecule has 4 nitrogen and oxygen atoms in total. The van der Waals surface area contributed by atoms with Crippen LogP contribution >= 0.6 is 0 Å². The molecule has 0 spiro atoms.